The second kappa shape index (κ2) is 8.11. The number of anilines is 2. The third-order valence-electron chi connectivity index (χ3n) is 4.31. The van der Waals surface area contributed by atoms with Crippen molar-refractivity contribution >= 4 is 35.4 Å². The molecule has 2 aromatic rings. The summed E-state index contributed by atoms with van der Waals surface area (Å²) in [4.78, 5) is 52.8. The van der Waals surface area contributed by atoms with Gasteiger partial charge in [-0.25, -0.2) is 14.5 Å². The van der Waals surface area contributed by atoms with Crippen LogP contribution in [0.15, 0.2) is 48.5 Å². The van der Waals surface area contributed by atoms with E-state index in [4.69, 9.17) is 9.47 Å². The molecule has 1 aliphatic rings. The molecule has 8 nitrogen and oxygen atoms in total. The van der Waals surface area contributed by atoms with E-state index in [2.05, 4.69) is 0 Å². The summed E-state index contributed by atoms with van der Waals surface area (Å²) in [5.74, 6) is -0.871. The van der Waals surface area contributed by atoms with Crippen LogP contribution < -0.4 is 9.80 Å². The summed E-state index contributed by atoms with van der Waals surface area (Å²) < 4.78 is 10.7. The van der Waals surface area contributed by atoms with E-state index in [1.807, 2.05) is 0 Å². The van der Waals surface area contributed by atoms with Crippen molar-refractivity contribution in [1.29, 1.82) is 0 Å². The third kappa shape index (κ3) is 4.80. The highest BCUT2D eigenvalue weighted by Crippen LogP contribution is 2.30. The van der Waals surface area contributed by atoms with Crippen molar-refractivity contribution in [3.63, 3.8) is 0 Å². The maximum Gasteiger partial charge on any atom is 0.424 e. The molecule has 0 fully saturated rings. The van der Waals surface area contributed by atoms with Gasteiger partial charge in [-0.2, -0.15) is 4.90 Å². The van der Waals surface area contributed by atoms with E-state index in [1.165, 1.54) is 24.3 Å². The molecule has 168 valence electrons. The van der Waals surface area contributed by atoms with Crippen molar-refractivity contribution in [2.75, 3.05) is 9.80 Å². The standard InChI is InChI=1S/C24H26N2O6/c1-23(2,3)31-21(29)26(22(30)32-24(4,5)6)16-13-11-15(12-14-16)25-19(27)17-9-7-8-10-18(17)20(25)28/h7-14H,1-6H3. The number of fused-ring (bicyclic) bond motifs is 1. The first-order chi connectivity index (χ1) is 14.8. The number of amides is 4. The zero-order chi connectivity index (χ0) is 23.8. The first kappa shape index (κ1) is 23.0. The molecule has 4 amide bonds. The molecule has 0 N–H and O–H groups in total. The van der Waals surface area contributed by atoms with E-state index < -0.39 is 35.2 Å². The van der Waals surface area contributed by atoms with E-state index in [0.29, 0.717) is 16.8 Å². The Balaban J connectivity index is 1.93. The molecule has 0 unspecified atom stereocenters. The molecule has 0 aliphatic carbocycles. The molecule has 0 saturated carbocycles. The molecule has 1 aliphatic heterocycles. The van der Waals surface area contributed by atoms with E-state index in [9.17, 15) is 19.2 Å². The highest BCUT2D eigenvalue weighted by Gasteiger charge is 2.37. The topological polar surface area (TPSA) is 93.2 Å². The van der Waals surface area contributed by atoms with Crippen LogP contribution in [0.25, 0.3) is 0 Å². The van der Waals surface area contributed by atoms with Crippen molar-refractivity contribution in [2.45, 2.75) is 52.7 Å². The van der Waals surface area contributed by atoms with Crippen molar-refractivity contribution in [3.05, 3.63) is 59.7 Å². The zero-order valence-corrected chi connectivity index (χ0v) is 19.0. The summed E-state index contributed by atoms with van der Waals surface area (Å²) in [6, 6.07) is 12.4. The number of hydrogen-bond donors (Lipinski definition) is 0. The highest BCUT2D eigenvalue weighted by atomic mass is 16.6. The fourth-order valence-electron chi connectivity index (χ4n) is 3.08. The summed E-state index contributed by atoms with van der Waals surface area (Å²) >= 11 is 0. The second-order valence-electron chi connectivity index (χ2n) is 9.30. The Bertz CT molecular complexity index is 1010. The molecular weight excluding hydrogens is 412 g/mol. The van der Waals surface area contributed by atoms with Gasteiger partial charge >= 0.3 is 12.2 Å². The van der Waals surface area contributed by atoms with Crippen LogP contribution in [0.3, 0.4) is 0 Å². The summed E-state index contributed by atoms with van der Waals surface area (Å²) in [7, 11) is 0. The number of carbonyl (C=O) groups is 4. The molecule has 0 bridgehead atoms. The lowest BCUT2D eigenvalue weighted by molar-refractivity contribution is 0.0430. The van der Waals surface area contributed by atoms with Crippen molar-refractivity contribution < 1.29 is 28.7 Å². The van der Waals surface area contributed by atoms with E-state index in [0.717, 1.165) is 9.80 Å². The van der Waals surface area contributed by atoms with Gasteiger partial charge in [0.1, 0.15) is 11.2 Å². The number of hydrogen-bond acceptors (Lipinski definition) is 6. The van der Waals surface area contributed by atoms with Crippen LogP contribution in [-0.4, -0.2) is 35.2 Å². The molecule has 0 aromatic heterocycles. The number of imide groups is 2. The molecule has 3 rings (SSSR count). The van der Waals surface area contributed by atoms with E-state index in [-0.39, 0.29) is 5.69 Å². The highest BCUT2D eigenvalue weighted by molar-refractivity contribution is 6.34. The SMILES string of the molecule is CC(C)(C)OC(=O)N(C(=O)OC(C)(C)C)c1ccc(N2C(=O)c3ccccc3C2=O)cc1. The van der Waals surface area contributed by atoms with Gasteiger partial charge in [-0.05, 0) is 77.9 Å². The minimum Gasteiger partial charge on any atom is -0.443 e. The fourth-order valence-corrected chi connectivity index (χ4v) is 3.08. The quantitative estimate of drug-likeness (QED) is 0.601. The molecule has 2 aromatic carbocycles. The fraction of sp³-hybridized carbons (Fsp3) is 0.333. The number of rotatable bonds is 2. The molecule has 0 atom stereocenters. The molecule has 8 heteroatoms. The van der Waals surface area contributed by atoms with Gasteiger partial charge in [0.2, 0.25) is 0 Å². The third-order valence-corrected chi connectivity index (χ3v) is 4.31. The minimum atomic E-state index is -0.903. The largest absolute Gasteiger partial charge is 0.443 e. The van der Waals surface area contributed by atoms with Crippen LogP contribution in [0.2, 0.25) is 0 Å². The Morgan fingerprint density at radius 3 is 1.50 bits per heavy atom. The van der Waals surface area contributed by atoms with Gasteiger partial charge in [-0.1, -0.05) is 12.1 Å². The maximum absolute atomic E-state index is 12.8. The molecular formula is C24H26N2O6. The first-order valence-electron chi connectivity index (χ1n) is 10.1. The Hall–Kier alpha value is -3.68. The van der Waals surface area contributed by atoms with Crippen molar-refractivity contribution in [2.24, 2.45) is 0 Å². The molecule has 0 radical (unpaired) electrons. The average molecular weight is 438 g/mol. The van der Waals surface area contributed by atoms with Crippen LogP contribution in [0.1, 0.15) is 62.3 Å². The lowest BCUT2D eigenvalue weighted by Gasteiger charge is -2.28. The number of carbonyl (C=O) groups excluding carboxylic acids is 4. The number of benzene rings is 2. The van der Waals surface area contributed by atoms with Crippen LogP contribution in [-0.2, 0) is 9.47 Å². The van der Waals surface area contributed by atoms with Gasteiger partial charge in [0.05, 0.1) is 22.5 Å². The Morgan fingerprint density at radius 2 is 1.12 bits per heavy atom. The van der Waals surface area contributed by atoms with Crippen molar-refractivity contribution in [1.82, 2.24) is 0 Å². The van der Waals surface area contributed by atoms with Gasteiger partial charge in [0, 0.05) is 0 Å². The molecule has 1 heterocycles. The number of ether oxygens (including phenoxy) is 2. The monoisotopic (exact) mass is 438 g/mol. The maximum atomic E-state index is 12.8. The average Bonchev–Trinajstić information content (AvgIpc) is 2.91. The van der Waals surface area contributed by atoms with Gasteiger partial charge in [-0.3, -0.25) is 9.59 Å². The Morgan fingerprint density at radius 1 is 0.719 bits per heavy atom. The first-order valence-corrected chi connectivity index (χ1v) is 10.1. The normalized spacial score (nSPS) is 13.6. The van der Waals surface area contributed by atoms with Gasteiger partial charge < -0.3 is 9.47 Å². The summed E-state index contributed by atoms with van der Waals surface area (Å²) in [5, 5.41) is 0. The van der Waals surface area contributed by atoms with Crippen LogP contribution in [0.4, 0.5) is 21.0 Å². The van der Waals surface area contributed by atoms with Gasteiger partial charge in [0.15, 0.2) is 0 Å². The Kier molecular flexibility index (Phi) is 5.82. The summed E-state index contributed by atoms with van der Waals surface area (Å²) in [6.07, 6.45) is -1.81. The smallest absolute Gasteiger partial charge is 0.424 e. The zero-order valence-electron chi connectivity index (χ0n) is 19.0. The Labute approximate surface area is 186 Å². The lowest BCUT2D eigenvalue weighted by atomic mass is 10.1. The molecule has 32 heavy (non-hydrogen) atoms. The van der Waals surface area contributed by atoms with Crippen LogP contribution in [0.5, 0.6) is 0 Å². The van der Waals surface area contributed by atoms with Crippen LogP contribution in [0, 0.1) is 0 Å². The predicted octanol–water partition coefficient (Wildman–Crippen LogP) is 5.16. The second-order valence-corrected chi connectivity index (χ2v) is 9.30. The van der Waals surface area contributed by atoms with Crippen LogP contribution >= 0.6 is 0 Å². The summed E-state index contributed by atoms with van der Waals surface area (Å²) in [5.41, 5.74) is -0.534. The lowest BCUT2D eigenvalue weighted by Crippen LogP contribution is -2.43. The summed E-state index contributed by atoms with van der Waals surface area (Å²) in [6.45, 7) is 10.1. The molecule has 0 saturated heterocycles. The molecule has 0 spiro atoms. The van der Waals surface area contributed by atoms with E-state index in [1.54, 1.807) is 65.8 Å². The minimum absolute atomic E-state index is 0.175. The van der Waals surface area contributed by atoms with Gasteiger partial charge in [0.25, 0.3) is 11.8 Å². The van der Waals surface area contributed by atoms with Gasteiger partial charge in [-0.15, -0.1) is 0 Å². The number of nitrogens with zero attached hydrogens (tertiary/aromatic N) is 2. The predicted molar refractivity (Wildman–Crippen MR) is 119 cm³/mol. The van der Waals surface area contributed by atoms with Crippen molar-refractivity contribution in [3.8, 4) is 0 Å². The van der Waals surface area contributed by atoms with E-state index >= 15 is 0 Å².